The molecule has 5 heteroatoms. The van der Waals surface area contributed by atoms with Crippen molar-refractivity contribution in [3.05, 3.63) is 59.2 Å². The first kappa shape index (κ1) is 16.0. The largest absolute Gasteiger partial charge is 0.497 e. The van der Waals surface area contributed by atoms with E-state index in [0.717, 1.165) is 35.7 Å². The van der Waals surface area contributed by atoms with Gasteiger partial charge in [0, 0.05) is 37.0 Å². The van der Waals surface area contributed by atoms with Gasteiger partial charge in [-0.1, -0.05) is 18.2 Å². The summed E-state index contributed by atoms with van der Waals surface area (Å²) in [6, 6.07) is 14.0. The highest BCUT2D eigenvalue weighted by Crippen LogP contribution is 2.30. The van der Waals surface area contributed by atoms with E-state index in [2.05, 4.69) is 22.8 Å². The van der Waals surface area contributed by atoms with Crippen molar-refractivity contribution in [1.82, 2.24) is 10.6 Å². The lowest BCUT2D eigenvalue weighted by atomic mass is 9.89. The molecular weight excluding hydrogens is 316 g/mol. The SMILES string of the molecule is COc1ccc([C@@H]2CNC[C@H]2COc2ccc3c(c2)C(=O)NC3)cc1. The summed E-state index contributed by atoms with van der Waals surface area (Å²) in [7, 11) is 1.68. The summed E-state index contributed by atoms with van der Waals surface area (Å²) in [6.45, 7) is 3.12. The minimum atomic E-state index is -0.0147. The van der Waals surface area contributed by atoms with Gasteiger partial charge in [0.2, 0.25) is 0 Å². The van der Waals surface area contributed by atoms with E-state index >= 15 is 0 Å². The van der Waals surface area contributed by atoms with Gasteiger partial charge >= 0.3 is 0 Å². The number of ether oxygens (including phenoxy) is 2. The maximum absolute atomic E-state index is 11.8. The summed E-state index contributed by atoms with van der Waals surface area (Å²) < 4.78 is 11.3. The molecule has 2 heterocycles. The summed E-state index contributed by atoms with van der Waals surface area (Å²) in [6.07, 6.45) is 0. The van der Waals surface area contributed by atoms with Gasteiger partial charge in [-0.15, -0.1) is 0 Å². The van der Waals surface area contributed by atoms with E-state index in [4.69, 9.17) is 9.47 Å². The Balaban J connectivity index is 1.43. The second-order valence-corrected chi connectivity index (χ2v) is 6.61. The van der Waals surface area contributed by atoms with Crippen molar-refractivity contribution in [3.63, 3.8) is 0 Å². The van der Waals surface area contributed by atoms with Crippen molar-refractivity contribution in [2.75, 3.05) is 26.8 Å². The molecule has 2 aromatic rings. The van der Waals surface area contributed by atoms with E-state index in [-0.39, 0.29) is 5.91 Å². The predicted octanol–water partition coefficient (Wildman–Crippen LogP) is 2.32. The molecule has 2 aromatic carbocycles. The molecule has 0 saturated carbocycles. The Bertz CT molecular complexity index is 773. The minimum absolute atomic E-state index is 0.0147. The van der Waals surface area contributed by atoms with Crippen LogP contribution in [0.1, 0.15) is 27.4 Å². The second kappa shape index (κ2) is 6.76. The Morgan fingerprint density at radius 2 is 1.88 bits per heavy atom. The molecule has 1 amide bonds. The molecule has 0 bridgehead atoms. The lowest BCUT2D eigenvalue weighted by molar-refractivity contribution is 0.0965. The summed E-state index contributed by atoms with van der Waals surface area (Å²) in [5, 5.41) is 6.29. The zero-order valence-corrected chi connectivity index (χ0v) is 14.2. The number of carbonyl (C=O) groups excluding carboxylic acids is 1. The van der Waals surface area contributed by atoms with Gasteiger partial charge in [-0.25, -0.2) is 0 Å². The van der Waals surface area contributed by atoms with Crippen molar-refractivity contribution in [1.29, 1.82) is 0 Å². The van der Waals surface area contributed by atoms with Crippen LogP contribution in [0.5, 0.6) is 11.5 Å². The van der Waals surface area contributed by atoms with E-state index < -0.39 is 0 Å². The Hall–Kier alpha value is -2.53. The first-order valence-electron chi connectivity index (χ1n) is 8.63. The minimum Gasteiger partial charge on any atom is -0.497 e. The molecule has 0 unspecified atom stereocenters. The van der Waals surface area contributed by atoms with Crippen LogP contribution in [-0.2, 0) is 6.54 Å². The Kier molecular flexibility index (Phi) is 4.32. The molecule has 25 heavy (non-hydrogen) atoms. The van der Waals surface area contributed by atoms with Crippen LogP contribution in [0.15, 0.2) is 42.5 Å². The number of rotatable bonds is 5. The number of carbonyl (C=O) groups is 1. The van der Waals surface area contributed by atoms with Gasteiger partial charge in [0.1, 0.15) is 11.5 Å². The highest BCUT2D eigenvalue weighted by molar-refractivity contribution is 5.98. The Morgan fingerprint density at radius 1 is 1.08 bits per heavy atom. The highest BCUT2D eigenvalue weighted by atomic mass is 16.5. The molecule has 1 saturated heterocycles. The van der Waals surface area contributed by atoms with Gasteiger partial charge in [0.15, 0.2) is 0 Å². The summed E-state index contributed by atoms with van der Waals surface area (Å²) in [5.41, 5.74) is 3.07. The third-order valence-corrected chi connectivity index (χ3v) is 5.11. The molecule has 0 aromatic heterocycles. The molecule has 0 spiro atoms. The van der Waals surface area contributed by atoms with Crippen LogP contribution in [0.3, 0.4) is 0 Å². The molecule has 2 atom stereocenters. The summed E-state index contributed by atoms with van der Waals surface area (Å²) in [5.74, 6) is 2.44. The average molecular weight is 338 g/mol. The second-order valence-electron chi connectivity index (χ2n) is 6.61. The van der Waals surface area contributed by atoms with E-state index in [0.29, 0.717) is 25.0 Å². The Morgan fingerprint density at radius 3 is 2.68 bits per heavy atom. The van der Waals surface area contributed by atoms with Gasteiger partial charge in [0.25, 0.3) is 5.91 Å². The first-order valence-corrected chi connectivity index (χ1v) is 8.63. The number of nitrogens with one attached hydrogen (secondary N) is 2. The average Bonchev–Trinajstić information content (AvgIpc) is 3.27. The molecule has 5 nitrogen and oxygen atoms in total. The lowest BCUT2D eigenvalue weighted by Crippen LogP contribution is -2.19. The van der Waals surface area contributed by atoms with Gasteiger partial charge in [0.05, 0.1) is 13.7 Å². The van der Waals surface area contributed by atoms with Crippen molar-refractivity contribution in [2.45, 2.75) is 12.5 Å². The van der Waals surface area contributed by atoms with Crippen LogP contribution in [0.2, 0.25) is 0 Å². The number of benzene rings is 2. The maximum atomic E-state index is 11.8. The standard InChI is InChI=1S/C20H22N2O3/c1-24-16-5-2-13(3-6-16)19-11-21-9-15(19)12-25-17-7-4-14-10-22-20(23)18(14)8-17/h2-8,15,19,21H,9-12H2,1H3,(H,22,23)/t15-,19-/m0/s1. The smallest absolute Gasteiger partial charge is 0.252 e. The van der Waals surface area contributed by atoms with Gasteiger partial charge < -0.3 is 20.1 Å². The number of methoxy groups -OCH3 is 1. The summed E-state index contributed by atoms with van der Waals surface area (Å²) in [4.78, 5) is 11.8. The molecule has 2 N–H and O–H groups in total. The number of fused-ring (bicyclic) bond motifs is 1. The topological polar surface area (TPSA) is 59.6 Å². The molecule has 2 aliphatic rings. The monoisotopic (exact) mass is 338 g/mol. The van der Waals surface area contributed by atoms with Gasteiger partial charge in [-0.3, -0.25) is 4.79 Å². The van der Waals surface area contributed by atoms with Crippen LogP contribution in [0.4, 0.5) is 0 Å². The molecular formula is C20H22N2O3. The molecule has 4 rings (SSSR count). The summed E-state index contributed by atoms with van der Waals surface area (Å²) >= 11 is 0. The fraction of sp³-hybridized carbons (Fsp3) is 0.350. The van der Waals surface area contributed by atoms with E-state index in [9.17, 15) is 4.79 Å². The number of hydrogen-bond donors (Lipinski definition) is 2. The first-order chi connectivity index (χ1) is 12.2. The van der Waals surface area contributed by atoms with Gasteiger partial charge in [-0.2, -0.15) is 0 Å². The quantitative estimate of drug-likeness (QED) is 0.878. The van der Waals surface area contributed by atoms with E-state index in [1.54, 1.807) is 7.11 Å². The molecule has 130 valence electrons. The third kappa shape index (κ3) is 3.20. The molecule has 0 aliphatic carbocycles. The normalized spacial score (nSPS) is 21.7. The maximum Gasteiger partial charge on any atom is 0.252 e. The van der Waals surface area contributed by atoms with E-state index in [1.807, 2.05) is 30.3 Å². The zero-order chi connectivity index (χ0) is 17.2. The number of hydrogen-bond acceptors (Lipinski definition) is 4. The van der Waals surface area contributed by atoms with Crippen LogP contribution >= 0.6 is 0 Å². The van der Waals surface area contributed by atoms with Crippen molar-refractivity contribution >= 4 is 5.91 Å². The van der Waals surface area contributed by atoms with Crippen molar-refractivity contribution < 1.29 is 14.3 Å². The van der Waals surface area contributed by atoms with Crippen LogP contribution in [-0.4, -0.2) is 32.7 Å². The van der Waals surface area contributed by atoms with Crippen LogP contribution in [0, 0.1) is 5.92 Å². The highest BCUT2D eigenvalue weighted by Gasteiger charge is 2.29. The zero-order valence-electron chi connectivity index (χ0n) is 14.2. The van der Waals surface area contributed by atoms with Crippen molar-refractivity contribution in [3.8, 4) is 11.5 Å². The van der Waals surface area contributed by atoms with Crippen LogP contribution in [0.25, 0.3) is 0 Å². The van der Waals surface area contributed by atoms with E-state index in [1.165, 1.54) is 5.56 Å². The van der Waals surface area contributed by atoms with Crippen LogP contribution < -0.4 is 20.1 Å². The van der Waals surface area contributed by atoms with Crippen molar-refractivity contribution in [2.24, 2.45) is 5.92 Å². The number of amides is 1. The lowest BCUT2D eigenvalue weighted by Gasteiger charge is -2.20. The molecule has 2 aliphatic heterocycles. The third-order valence-electron chi connectivity index (χ3n) is 5.11. The molecule has 1 fully saturated rings. The fourth-order valence-electron chi connectivity index (χ4n) is 3.63. The van der Waals surface area contributed by atoms with Gasteiger partial charge in [-0.05, 0) is 35.4 Å². The predicted molar refractivity (Wildman–Crippen MR) is 95.2 cm³/mol. The Labute approximate surface area is 147 Å². The molecule has 0 radical (unpaired) electrons. The fourth-order valence-corrected chi connectivity index (χ4v) is 3.63.